The Hall–Kier alpha value is -10.2. The van der Waals surface area contributed by atoms with Gasteiger partial charge in [0.1, 0.15) is 60.2 Å². The average Bonchev–Trinajstić information content (AvgIpc) is 0.887. The number of rotatable bonds is 47. The van der Waals surface area contributed by atoms with Gasteiger partial charge in [-0.1, -0.05) is 42.5 Å². The van der Waals surface area contributed by atoms with Gasteiger partial charge in [-0.05, 0) is 128 Å². The van der Waals surface area contributed by atoms with Crippen molar-refractivity contribution in [3.05, 3.63) is 71.5 Å². The van der Waals surface area contributed by atoms with Gasteiger partial charge in [0.2, 0.25) is 76.8 Å². The lowest BCUT2D eigenvalue weighted by atomic mass is 10.0. The molecule has 0 unspecified atom stereocenters. The third-order valence-corrected chi connectivity index (χ3v) is 14.7. The van der Waals surface area contributed by atoms with Crippen LogP contribution in [0, 0.1) is 5.82 Å². The lowest BCUT2D eigenvalue weighted by molar-refractivity contribution is -0.136. The third-order valence-electron chi connectivity index (χ3n) is 14.7. The summed E-state index contributed by atoms with van der Waals surface area (Å²) in [6.07, 6.45) is -0.0860. The van der Waals surface area contributed by atoms with Crippen LogP contribution in [0.4, 0.5) is 4.39 Å². The first-order chi connectivity index (χ1) is 46.9. The standard InChI is InChI=1S/C61H99FN22O15/c1-33(76-47(88)31-75-59(99)49(35(3)86)84-57(97)44(28-37-19-21-38(62)22-20-37)78-48(89)30-73-46(87)29-74-53(93)39(65)27-36-13-5-4-6-14-36)51(91)80-43(18-12-26-72-61(69)70)55(95)82-41(16-8-10-24-64)56(96)83-45(32-85)58(98)77-34(2)52(92)81-42(17-11-25-71-60(67)68)54(94)79-40(50(66)90)15-7-9-23-63/h4-6,13-14,19-22,33-35,39-45,49,85-86H,7-12,15-18,23-32,63-65H2,1-3H3,(H2,66,90)(H,73,87)(H,74,93)(H,75,99)(H,76,88)(H,77,98)(H,78,89)(H,79,94)(H,80,91)(H,81,92)(H,82,95)(H,83,96)(H,84,97)(H4,67,68,71)(H4,69,70,72)/t33-,34-,35+,39-,40-,41-,42-,43-,44-,45-,49-/m0/s1. The Morgan fingerprint density at radius 3 is 1.34 bits per heavy atom. The van der Waals surface area contributed by atoms with Crippen molar-refractivity contribution in [1.29, 1.82) is 0 Å². The van der Waals surface area contributed by atoms with Gasteiger partial charge < -0.3 is 120 Å². The highest BCUT2D eigenvalue weighted by Gasteiger charge is 2.34. The number of aliphatic imine (C=N–C) groups is 2. The van der Waals surface area contributed by atoms with Crippen molar-refractivity contribution in [3.63, 3.8) is 0 Å². The predicted octanol–water partition coefficient (Wildman–Crippen LogP) is -9.09. The molecule has 0 aliphatic carbocycles. The number of hydrogen-bond acceptors (Lipinski definition) is 20. The zero-order valence-corrected chi connectivity index (χ0v) is 55.8. The SMILES string of the molecule is C[C@H](NC(=O)CNC(=O)[C@@H](NC(=O)[C@H](Cc1ccc(F)cc1)NC(=O)CNC(=O)CNC(=O)[C@@H](N)Cc1ccccc1)[C@@H](C)O)C(=O)N[C@@H](CCCN=C(N)N)C(=O)N[C@@H](CCCCN)C(=O)N[C@@H](CO)C(=O)N[C@@H](C)C(=O)N[C@@H](CCCN=C(N)N)C(=O)N[C@@H](CCCCN)C(N)=O. The molecule has 550 valence electrons. The van der Waals surface area contributed by atoms with Gasteiger partial charge in [0.05, 0.1) is 38.4 Å². The molecule has 0 radical (unpaired) electrons. The largest absolute Gasteiger partial charge is 0.394 e. The number of aliphatic hydroxyl groups is 2. The van der Waals surface area contributed by atoms with E-state index in [1.54, 1.807) is 30.3 Å². The van der Waals surface area contributed by atoms with Crippen LogP contribution < -0.4 is 110 Å². The summed E-state index contributed by atoms with van der Waals surface area (Å²) in [5, 5.41) is 49.7. The zero-order chi connectivity index (χ0) is 74.1. The molecule has 38 heteroatoms. The average molecular weight is 1400 g/mol. The van der Waals surface area contributed by atoms with Crippen LogP contribution in [0.3, 0.4) is 0 Å². The maximum absolute atomic E-state index is 14.1. The first-order valence-corrected chi connectivity index (χ1v) is 32.1. The van der Waals surface area contributed by atoms with Crippen LogP contribution in [-0.2, 0) is 75.2 Å². The van der Waals surface area contributed by atoms with E-state index in [1.807, 2.05) is 0 Å². The molecular weight excluding hydrogens is 1300 g/mol. The highest BCUT2D eigenvalue weighted by atomic mass is 19.1. The van der Waals surface area contributed by atoms with E-state index in [9.17, 15) is 76.9 Å². The highest BCUT2D eigenvalue weighted by Crippen LogP contribution is 2.11. The van der Waals surface area contributed by atoms with Gasteiger partial charge in [-0.25, -0.2) is 4.39 Å². The zero-order valence-electron chi connectivity index (χ0n) is 55.8. The van der Waals surface area contributed by atoms with Gasteiger partial charge in [0.15, 0.2) is 11.9 Å². The van der Waals surface area contributed by atoms with Crippen LogP contribution in [0.2, 0.25) is 0 Å². The van der Waals surface area contributed by atoms with E-state index >= 15 is 0 Å². The minimum absolute atomic E-state index is 0.0376. The summed E-state index contributed by atoms with van der Waals surface area (Å²) in [6, 6.07) is -0.501. The summed E-state index contributed by atoms with van der Waals surface area (Å²) >= 11 is 0. The number of carbonyl (C=O) groups is 13. The molecule has 0 saturated carbocycles. The molecule has 0 aromatic heterocycles. The van der Waals surface area contributed by atoms with Gasteiger partial charge in [0, 0.05) is 19.5 Å². The number of primary amides is 1. The molecule has 2 aromatic rings. The van der Waals surface area contributed by atoms with Crippen molar-refractivity contribution in [2.45, 2.75) is 164 Å². The minimum atomic E-state index is -1.78. The number of benzene rings is 2. The molecule has 0 bridgehead atoms. The Bertz CT molecular complexity index is 3050. The van der Waals surface area contributed by atoms with E-state index in [0.29, 0.717) is 31.4 Å². The van der Waals surface area contributed by atoms with Gasteiger partial charge in [-0.2, -0.15) is 0 Å². The fraction of sp³-hybridized carbons (Fsp3) is 0.557. The van der Waals surface area contributed by atoms with E-state index in [4.69, 9.17) is 45.9 Å². The topological polar surface area (TPSA) is 640 Å². The molecule has 0 aliphatic rings. The molecule has 2 aromatic carbocycles. The molecular formula is C61H99FN22O15. The Kier molecular flexibility index (Phi) is 39.5. The summed E-state index contributed by atoms with van der Waals surface area (Å²) in [5.74, 6) is -13.1. The third kappa shape index (κ3) is 34.6. The highest BCUT2D eigenvalue weighted by molar-refractivity contribution is 5.99. The number of carbonyl (C=O) groups excluding carboxylic acids is 13. The summed E-state index contributed by atoms with van der Waals surface area (Å²) < 4.78 is 13.8. The Morgan fingerprint density at radius 1 is 0.434 bits per heavy atom. The van der Waals surface area contributed by atoms with E-state index < -0.39 is 175 Å². The molecule has 0 spiro atoms. The summed E-state index contributed by atoms with van der Waals surface area (Å²) in [4.78, 5) is 181. The van der Waals surface area contributed by atoms with Crippen LogP contribution in [0.15, 0.2) is 64.6 Å². The number of amides is 13. The lowest BCUT2D eigenvalue weighted by Gasteiger charge is -2.26. The number of aliphatic hydroxyl groups excluding tert-OH is 2. The number of guanidine groups is 2. The van der Waals surface area contributed by atoms with E-state index in [1.165, 1.54) is 26.0 Å². The molecule has 37 nitrogen and oxygen atoms in total. The van der Waals surface area contributed by atoms with Gasteiger partial charge in [-0.15, -0.1) is 0 Å². The summed E-state index contributed by atoms with van der Waals surface area (Å²) in [5.41, 5.74) is 45.7. The van der Waals surface area contributed by atoms with Gasteiger partial charge >= 0.3 is 0 Å². The van der Waals surface area contributed by atoms with Crippen LogP contribution in [-0.4, -0.2) is 218 Å². The van der Waals surface area contributed by atoms with E-state index in [0.717, 1.165) is 24.6 Å². The molecule has 13 amide bonds. The second-order valence-electron chi connectivity index (χ2n) is 23.1. The van der Waals surface area contributed by atoms with Crippen LogP contribution in [0.25, 0.3) is 0 Å². The lowest BCUT2D eigenvalue weighted by Crippen LogP contribution is -2.60. The van der Waals surface area contributed by atoms with Crippen LogP contribution in [0.5, 0.6) is 0 Å². The quantitative estimate of drug-likeness (QED) is 0.0166. The first kappa shape index (κ1) is 84.9. The number of halogens is 1. The maximum atomic E-state index is 14.1. The van der Waals surface area contributed by atoms with Gasteiger partial charge in [-0.3, -0.25) is 72.3 Å². The number of nitrogens with zero attached hydrogens (tertiary/aromatic N) is 2. The van der Waals surface area contributed by atoms with Crippen molar-refractivity contribution in [2.75, 3.05) is 52.4 Å². The Balaban J connectivity index is 2.19. The number of nitrogens with one attached hydrogen (secondary N) is 12. The molecule has 0 heterocycles. The van der Waals surface area contributed by atoms with E-state index in [2.05, 4.69) is 73.8 Å². The molecule has 99 heavy (non-hydrogen) atoms. The maximum Gasteiger partial charge on any atom is 0.245 e. The fourth-order valence-electron chi connectivity index (χ4n) is 9.17. The van der Waals surface area contributed by atoms with Crippen LogP contribution in [0.1, 0.15) is 96.1 Å². The normalized spacial score (nSPS) is 14.2. The van der Waals surface area contributed by atoms with Crippen LogP contribution >= 0.6 is 0 Å². The number of unbranched alkanes of at least 4 members (excludes halogenated alkanes) is 2. The monoisotopic (exact) mass is 1400 g/mol. The predicted molar refractivity (Wildman–Crippen MR) is 360 cm³/mol. The number of hydrogen-bond donors (Lipinski definition) is 22. The Morgan fingerprint density at radius 2 is 0.848 bits per heavy atom. The second-order valence-corrected chi connectivity index (χ2v) is 23.1. The number of nitrogens with two attached hydrogens (primary N) is 8. The molecule has 2 rings (SSSR count). The fourth-order valence-corrected chi connectivity index (χ4v) is 9.17. The van der Waals surface area contributed by atoms with Gasteiger partial charge in [0.25, 0.3) is 0 Å². The summed E-state index contributed by atoms with van der Waals surface area (Å²) in [6.45, 7) is 0.984. The molecule has 0 fully saturated rings. The Labute approximate surface area is 571 Å². The van der Waals surface area contributed by atoms with Crippen molar-refractivity contribution in [3.8, 4) is 0 Å². The molecule has 0 aliphatic heterocycles. The van der Waals surface area contributed by atoms with Crippen molar-refractivity contribution in [1.82, 2.24) is 63.8 Å². The minimum Gasteiger partial charge on any atom is -0.394 e. The smallest absolute Gasteiger partial charge is 0.245 e. The summed E-state index contributed by atoms with van der Waals surface area (Å²) in [7, 11) is 0. The van der Waals surface area contributed by atoms with Crippen molar-refractivity contribution in [2.24, 2.45) is 55.9 Å². The van der Waals surface area contributed by atoms with Crippen molar-refractivity contribution < 1.29 is 76.9 Å². The first-order valence-electron chi connectivity index (χ1n) is 32.1. The second kappa shape index (κ2) is 46.1. The van der Waals surface area contributed by atoms with Crippen molar-refractivity contribution >= 4 is 88.7 Å². The molecule has 11 atom stereocenters. The molecule has 30 N–H and O–H groups in total. The van der Waals surface area contributed by atoms with E-state index in [-0.39, 0.29) is 89.3 Å². The molecule has 0 saturated heterocycles.